The van der Waals surface area contributed by atoms with E-state index in [2.05, 4.69) is 11.2 Å². The number of anilines is 1. The van der Waals surface area contributed by atoms with Gasteiger partial charge in [0.1, 0.15) is 5.84 Å². The molecular formula is C23H24N4O3. The number of carbonyl (C=O) groups excluding carboxylic acids is 1. The largest absolute Gasteiger partial charge is 0.480 e. The van der Waals surface area contributed by atoms with Gasteiger partial charge in [0.15, 0.2) is 0 Å². The van der Waals surface area contributed by atoms with Crippen molar-refractivity contribution in [2.24, 2.45) is 0 Å². The number of fused-ring (bicyclic) bond motifs is 1. The monoisotopic (exact) mass is 404 g/mol. The molecule has 154 valence electrons. The molecule has 2 aromatic rings. The number of rotatable bonds is 6. The number of carboxylic acid groups (broad SMARTS) is 1. The summed E-state index contributed by atoms with van der Waals surface area (Å²) in [6.07, 6.45) is 6.03. The van der Waals surface area contributed by atoms with Crippen molar-refractivity contribution in [3.8, 4) is 12.3 Å². The Labute approximate surface area is 175 Å². The van der Waals surface area contributed by atoms with Crippen molar-refractivity contribution >= 4 is 23.4 Å². The van der Waals surface area contributed by atoms with Crippen molar-refractivity contribution in [2.45, 2.75) is 13.0 Å². The van der Waals surface area contributed by atoms with Gasteiger partial charge in [0.2, 0.25) is 0 Å². The first-order valence-electron chi connectivity index (χ1n) is 9.58. The molecule has 1 heterocycles. The minimum atomic E-state index is -0.828. The fraction of sp³-hybridized carbons (Fsp3) is 0.261. The van der Waals surface area contributed by atoms with Gasteiger partial charge >= 0.3 is 5.97 Å². The van der Waals surface area contributed by atoms with E-state index in [4.69, 9.17) is 16.9 Å². The van der Waals surface area contributed by atoms with E-state index in [1.807, 2.05) is 23.1 Å². The van der Waals surface area contributed by atoms with Gasteiger partial charge in [-0.05, 0) is 41.8 Å². The number of carboxylic acids is 1. The molecule has 0 aromatic heterocycles. The number of aliphatic carboxylic acids is 1. The Hall–Kier alpha value is -3.63. The lowest BCUT2D eigenvalue weighted by Crippen LogP contribution is -2.34. The summed E-state index contributed by atoms with van der Waals surface area (Å²) in [5.74, 6) is 1.74. The van der Waals surface area contributed by atoms with E-state index in [1.165, 1.54) is 0 Å². The smallest absolute Gasteiger partial charge is 0.317 e. The van der Waals surface area contributed by atoms with Crippen LogP contribution in [0.4, 0.5) is 5.69 Å². The maximum absolute atomic E-state index is 12.6. The molecule has 0 unspecified atom stereocenters. The molecule has 0 saturated heterocycles. The predicted molar refractivity (Wildman–Crippen MR) is 116 cm³/mol. The second kappa shape index (κ2) is 9.25. The Kier molecular flexibility index (Phi) is 6.50. The van der Waals surface area contributed by atoms with Crippen LogP contribution in [-0.4, -0.2) is 59.3 Å². The van der Waals surface area contributed by atoms with Crippen LogP contribution in [0, 0.1) is 17.8 Å². The lowest BCUT2D eigenvalue weighted by molar-refractivity contribution is -0.138. The Balaban J connectivity index is 1.65. The summed E-state index contributed by atoms with van der Waals surface area (Å²) in [5, 5.41) is 20.0. The number of carbonyl (C=O) groups is 2. The van der Waals surface area contributed by atoms with Gasteiger partial charge in [-0.3, -0.25) is 19.9 Å². The molecule has 0 aliphatic carbocycles. The first kappa shape index (κ1) is 21.1. The average molecular weight is 404 g/mol. The second-order valence-electron chi connectivity index (χ2n) is 7.28. The van der Waals surface area contributed by atoms with Crippen LogP contribution >= 0.6 is 0 Å². The number of terminal acetylenes is 1. The number of amidine groups is 1. The summed E-state index contributed by atoms with van der Waals surface area (Å²) >= 11 is 0. The normalized spacial score (nSPS) is 13.1. The number of benzene rings is 2. The van der Waals surface area contributed by atoms with Gasteiger partial charge in [0, 0.05) is 37.0 Å². The molecule has 30 heavy (non-hydrogen) atoms. The average Bonchev–Trinajstić information content (AvgIpc) is 2.73. The number of nitrogens with zero attached hydrogens (tertiary/aromatic N) is 2. The Bertz CT molecular complexity index is 1010. The fourth-order valence-electron chi connectivity index (χ4n) is 3.43. The summed E-state index contributed by atoms with van der Waals surface area (Å²) in [4.78, 5) is 27.0. The van der Waals surface area contributed by atoms with Crippen LogP contribution in [0.25, 0.3) is 0 Å². The van der Waals surface area contributed by atoms with Gasteiger partial charge in [-0.15, -0.1) is 6.42 Å². The zero-order chi connectivity index (χ0) is 21.7. The third-order valence-corrected chi connectivity index (χ3v) is 5.05. The Morgan fingerprint density at radius 3 is 2.57 bits per heavy atom. The van der Waals surface area contributed by atoms with Crippen molar-refractivity contribution in [1.29, 1.82) is 5.41 Å². The first-order valence-corrected chi connectivity index (χ1v) is 9.58. The molecule has 0 fully saturated rings. The first-order chi connectivity index (χ1) is 14.4. The highest BCUT2D eigenvalue weighted by Gasteiger charge is 2.19. The van der Waals surface area contributed by atoms with Gasteiger partial charge < -0.3 is 15.3 Å². The third-order valence-electron chi connectivity index (χ3n) is 5.05. The van der Waals surface area contributed by atoms with Gasteiger partial charge in [-0.1, -0.05) is 24.1 Å². The number of hydrogen-bond donors (Lipinski definition) is 3. The van der Waals surface area contributed by atoms with E-state index in [-0.39, 0.29) is 12.5 Å². The maximum Gasteiger partial charge on any atom is 0.317 e. The van der Waals surface area contributed by atoms with Crippen LogP contribution in [0.3, 0.4) is 0 Å². The molecule has 7 nitrogen and oxygen atoms in total. The summed E-state index contributed by atoms with van der Waals surface area (Å²) in [6, 6.07) is 12.5. The number of amides is 1. The van der Waals surface area contributed by atoms with Crippen LogP contribution in [0.2, 0.25) is 0 Å². The molecule has 1 aliphatic rings. The topological polar surface area (TPSA) is 96.7 Å². The summed E-state index contributed by atoms with van der Waals surface area (Å²) in [6.45, 7) is 1.65. The van der Waals surface area contributed by atoms with Crippen LogP contribution in [0.15, 0.2) is 42.5 Å². The van der Waals surface area contributed by atoms with Crippen LogP contribution in [0.1, 0.15) is 27.0 Å². The van der Waals surface area contributed by atoms with E-state index < -0.39 is 5.97 Å². The maximum atomic E-state index is 12.6. The second-order valence-corrected chi connectivity index (χ2v) is 7.28. The minimum absolute atomic E-state index is 0.0317. The summed E-state index contributed by atoms with van der Waals surface area (Å²) < 4.78 is 0. The van der Waals surface area contributed by atoms with Crippen molar-refractivity contribution in [3.63, 3.8) is 0 Å². The molecule has 3 rings (SSSR count). The minimum Gasteiger partial charge on any atom is -0.480 e. The van der Waals surface area contributed by atoms with Crippen molar-refractivity contribution in [3.05, 3.63) is 64.7 Å². The lowest BCUT2D eigenvalue weighted by Gasteiger charge is -2.27. The zero-order valence-electron chi connectivity index (χ0n) is 16.8. The Morgan fingerprint density at radius 1 is 1.20 bits per heavy atom. The molecule has 2 aromatic carbocycles. The molecule has 3 N–H and O–H groups in total. The third kappa shape index (κ3) is 5.04. The molecule has 1 amide bonds. The molecule has 0 saturated carbocycles. The van der Waals surface area contributed by atoms with Crippen LogP contribution in [0.5, 0.6) is 0 Å². The molecule has 0 spiro atoms. The molecule has 0 atom stereocenters. The highest BCUT2D eigenvalue weighted by Crippen LogP contribution is 2.23. The van der Waals surface area contributed by atoms with Crippen LogP contribution in [-0.2, 0) is 17.8 Å². The van der Waals surface area contributed by atoms with E-state index in [9.17, 15) is 9.59 Å². The Morgan fingerprint density at radius 2 is 1.90 bits per heavy atom. The van der Waals surface area contributed by atoms with E-state index in [1.54, 1.807) is 36.2 Å². The van der Waals surface area contributed by atoms with E-state index in [0.717, 1.165) is 17.5 Å². The highest BCUT2D eigenvalue weighted by atomic mass is 16.4. The van der Waals surface area contributed by atoms with Gasteiger partial charge in [0.05, 0.1) is 13.1 Å². The van der Waals surface area contributed by atoms with Crippen molar-refractivity contribution < 1.29 is 14.7 Å². The molecule has 7 heteroatoms. The molecular weight excluding hydrogens is 380 g/mol. The standard InChI is InChI=1S/C23H24N4O3/c1-3-11-26(2)22(24)16-4-6-17(7-5-16)23(30)25-20-9-8-19-14-27(15-21(28)29)12-10-18(19)13-20/h1,4-9,13,24H,10-12,14-15H2,2H3,(H,25,30)(H,28,29). The molecule has 1 aliphatic heterocycles. The van der Waals surface area contributed by atoms with Crippen LogP contribution < -0.4 is 5.32 Å². The molecule has 0 radical (unpaired) electrons. The molecule has 0 bridgehead atoms. The van der Waals surface area contributed by atoms with E-state index in [0.29, 0.717) is 42.3 Å². The number of hydrogen-bond acceptors (Lipinski definition) is 4. The van der Waals surface area contributed by atoms with Crippen molar-refractivity contribution in [1.82, 2.24) is 9.80 Å². The highest BCUT2D eigenvalue weighted by molar-refractivity contribution is 6.05. The van der Waals surface area contributed by atoms with Gasteiger partial charge in [-0.2, -0.15) is 0 Å². The predicted octanol–water partition coefficient (Wildman–Crippen LogP) is 2.27. The summed E-state index contributed by atoms with van der Waals surface area (Å²) in [7, 11) is 1.75. The van der Waals surface area contributed by atoms with Crippen molar-refractivity contribution in [2.75, 3.05) is 32.0 Å². The van der Waals surface area contributed by atoms with Gasteiger partial charge in [0.25, 0.3) is 5.91 Å². The lowest BCUT2D eigenvalue weighted by atomic mass is 9.99. The quantitative estimate of drug-likeness (QED) is 0.390. The van der Waals surface area contributed by atoms with E-state index >= 15 is 0 Å². The summed E-state index contributed by atoms with van der Waals surface area (Å²) in [5.41, 5.74) is 4.09. The zero-order valence-corrected chi connectivity index (χ0v) is 16.8. The number of nitrogens with one attached hydrogen (secondary N) is 2. The van der Waals surface area contributed by atoms with Gasteiger partial charge in [-0.25, -0.2) is 0 Å². The SMILES string of the molecule is C#CCN(C)C(=N)c1ccc(C(=O)Nc2ccc3c(c2)CCN(CC(=O)O)C3)cc1. The fourth-order valence-corrected chi connectivity index (χ4v) is 3.43.